The molecular weight excluding hydrogens is 180 g/mol. The molecule has 1 amide bonds. The van der Waals surface area contributed by atoms with E-state index in [0.717, 1.165) is 38.6 Å². The van der Waals surface area contributed by atoms with Gasteiger partial charge in [0.2, 0.25) is 5.91 Å². The molecule has 1 heterocycles. The minimum absolute atomic E-state index is 0.160. The summed E-state index contributed by atoms with van der Waals surface area (Å²) in [7, 11) is 0. The number of carbonyl (C=O) groups excluding carboxylic acids is 1. The molecule has 1 aliphatic heterocycles. The van der Waals surface area contributed by atoms with Crippen LogP contribution in [-0.2, 0) is 9.63 Å². The third-order valence-electron chi connectivity index (χ3n) is 3.12. The Morgan fingerprint density at radius 3 is 2.57 bits per heavy atom. The molecule has 1 saturated carbocycles. The van der Waals surface area contributed by atoms with Crippen LogP contribution in [-0.4, -0.2) is 30.2 Å². The number of nitrogens with two attached hydrogens (primary N) is 1. The number of rotatable bonds is 1. The van der Waals surface area contributed by atoms with Gasteiger partial charge in [-0.3, -0.25) is 9.63 Å². The van der Waals surface area contributed by atoms with E-state index in [1.165, 1.54) is 0 Å². The van der Waals surface area contributed by atoms with Crippen LogP contribution in [0, 0.1) is 5.92 Å². The predicted molar refractivity (Wildman–Crippen MR) is 52.2 cm³/mol. The van der Waals surface area contributed by atoms with Gasteiger partial charge in [-0.05, 0) is 32.1 Å². The average molecular weight is 198 g/mol. The molecule has 2 rings (SSSR count). The molecule has 0 atom stereocenters. The number of hydrogen-bond donors (Lipinski definition) is 1. The van der Waals surface area contributed by atoms with Crippen molar-refractivity contribution in [2.45, 2.75) is 38.1 Å². The Morgan fingerprint density at radius 2 is 2.00 bits per heavy atom. The molecule has 0 aromatic heterocycles. The fourth-order valence-electron chi connectivity index (χ4n) is 2.19. The van der Waals surface area contributed by atoms with Gasteiger partial charge in [0.1, 0.15) is 0 Å². The van der Waals surface area contributed by atoms with Crippen molar-refractivity contribution < 1.29 is 9.63 Å². The van der Waals surface area contributed by atoms with Crippen molar-refractivity contribution in [1.29, 1.82) is 0 Å². The summed E-state index contributed by atoms with van der Waals surface area (Å²) in [5.74, 6) is 0.335. The maximum atomic E-state index is 11.9. The van der Waals surface area contributed by atoms with Gasteiger partial charge in [-0.15, -0.1) is 0 Å². The Balaban J connectivity index is 1.85. The first-order valence-electron chi connectivity index (χ1n) is 5.47. The predicted octanol–water partition coefficient (Wildman–Crippen LogP) is 0.668. The van der Waals surface area contributed by atoms with Gasteiger partial charge in [0.25, 0.3) is 0 Å². The quantitative estimate of drug-likeness (QED) is 0.673. The Bertz CT molecular complexity index is 206. The Kier molecular flexibility index (Phi) is 3.03. The molecule has 80 valence electrons. The highest BCUT2D eigenvalue weighted by atomic mass is 16.7. The van der Waals surface area contributed by atoms with Gasteiger partial charge in [-0.2, -0.15) is 0 Å². The third kappa shape index (κ3) is 2.07. The van der Waals surface area contributed by atoms with Crippen molar-refractivity contribution in [2.24, 2.45) is 11.7 Å². The number of hydroxylamine groups is 2. The first kappa shape index (κ1) is 9.93. The first-order chi connectivity index (χ1) is 6.77. The molecule has 0 spiro atoms. The van der Waals surface area contributed by atoms with E-state index < -0.39 is 0 Å². The van der Waals surface area contributed by atoms with Crippen LogP contribution >= 0.6 is 0 Å². The Labute approximate surface area is 84.3 Å². The van der Waals surface area contributed by atoms with Crippen LogP contribution in [0.4, 0.5) is 0 Å². The molecule has 0 aromatic rings. The molecule has 1 aliphatic carbocycles. The van der Waals surface area contributed by atoms with Crippen LogP contribution in [0.25, 0.3) is 0 Å². The zero-order chi connectivity index (χ0) is 9.97. The number of nitrogens with zero attached hydrogens (tertiary/aromatic N) is 1. The standard InChI is InChI=1S/C10H18N2O2/c11-9-4-2-8(3-5-9)10(13)12-6-1-7-14-12/h8-9H,1-7,11H2. The summed E-state index contributed by atoms with van der Waals surface area (Å²) in [6.45, 7) is 1.46. The number of hydrogen-bond acceptors (Lipinski definition) is 3. The maximum absolute atomic E-state index is 11.9. The molecule has 14 heavy (non-hydrogen) atoms. The number of amides is 1. The van der Waals surface area contributed by atoms with E-state index in [0.29, 0.717) is 12.6 Å². The van der Waals surface area contributed by atoms with Crippen LogP contribution in [0.1, 0.15) is 32.1 Å². The molecule has 0 bridgehead atoms. The lowest BCUT2D eigenvalue weighted by Gasteiger charge is -2.27. The van der Waals surface area contributed by atoms with E-state index in [1.54, 1.807) is 5.06 Å². The second kappa shape index (κ2) is 4.28. The molecule has 1 saturated heterocycles. The second-order valence-corrected chi connectivity index (χ2v) is 4.24. The van der Waals surface area contributed by atoms with E-state index >= 15 is 0 Å². The molecule has 4 nitrogen and oxygen atoms in total. The second-order valence-electron chi connectivity index (χ2n) is 4.24. The fourth-order valence-corrected chi connectivity index (χ4v) is 2.19. The Hall–Kier alpha value is -0.610. The molecular formula is C10H18N2O2. The van der Waals surface area contributed by atoms with Crippen molar-refractivity contribution in [3.05, 3.63) is 0 Å². The molecule has 4 heteroatoms. The van der Waals surface area contributed by atoms with Gasteiger partial charge in [0.15, 0.2) is 0 Å². The lowest BCUT2D eigenvalue weighted by Crippen LogP contribution is -2.37. The van der Waals surface area contributed by atoms with Crippen LogP contribution in [0.2, 0.25) is 0 Å². The fraction of sp³-hybridized carbons (Fsp3) is 0.900. The minimum Gasteiger partial charge on any atom is -0.328 e. The normalized spacial score (nSPS) is 33.4. The zero-order valence-corrected chi connectivity index (χ0v) is 8.45. The van der Waals surface area contributed by atoms with Gasteiger partial charge >= 0.3 is 0 Å². The molecule has 2 aliphatic rings. The lowest BCUT2D eigenvalue weighted by atomic mass is 9.86. The average Bonchev–Trinajstić information content (AvgIpc) is 2.71. The molecule has 0 radical (unpaired) electrons. The Morgan fingerprint density at radius 1 is 1.29 bits per heavy atom. The van der Waals surface area contributed by atoms with Crippen molar-refractivity contribution >= 4 is 5.91 Å². The van der Waals surface area contributed by atoms with Crippen LogP contribution in [0.15, 0.2) is 0 Å². The number of carbonyl (C=O) groups is 1. The summed E-state index contributed by atoms with van der Waals surface area (Å²) >= 11 is 0. The lowest BCUT2D eigenvalue weighted by molar-refractivity contribution is -0.174. The van der Waals surface area contributed by atoms with Gasteiger partial charge in [-0.25, -0.2) is 5.06 Å². The SMILES string of the molecule is NC1CCC(C(=O)N2CCCO2)CC1. The topological polar surface area (TPSA) is 55.6 Å². The minimum atomic E-state index is 0.160. The summed E-state index contributed by atoms with van der Waals surface area (Å²) in [5, 5.41) is 1.54. The highest BCUT2D eigenvalue weighted by Gasteiger charge is 2.30. The third-order valence-corrected chi connectivity index (χ3v) is 3.12. The summed E-state index contributed by atoms with van der Waals surface area (Å²) in [6.07, 6.45) is 4.78. The molecule has 2 N–H and O–H groups in total. The van der Waals surface area contributed by atoms with E-state index in [-0.39, 0.29) is 11.8 Å². The van der Waals surface area contributed by atoms with Gasteiger partial charge in [0.05, 0.1) is 13.2 Å². The first-order valence-corrected chi connectivity index (χ1v) is 5.47. The van der Waals surface area contributed by atoms with E-state index in [4.69, 9.17) is 10.6 Å². The monoisotopic (exact) mass is 198 g/mol. The summed E-state index contributed by atoms with van der Waals surface area (Å²) in [5.41, 5.74) is 5.79. The summed E-state index contributed by atoms with van der Waals surface area (Å²) in [6, 6.07) is 0.304. The van der Waals surface area contributed by atoms with E-state index in [9.17, 15) is 4.79 Å². The van der Waals surface area contributed by atoms with Gasteiger partial charge in [0, 0.05) is 12.0 Å². The smallest absolute Gasteiger partial charge is 0.249 e. The van der Waals surface area contributed by atoms with Gasteiger partial charge in [-0.1, -0.05) is 0 Å². The molecule has 2 fully saturated rings. The van der Waals surface area contributed by atoms with Crippen LogP contribution in [0.3, 0.4) is 0 Å². The summed E-state index contributed by atoms with van der Waals surface area (Å²) in [4.78, 5) is 17.1. The van der Waals surface area contributed by atoms with Crippen molar-refractivity contribution in [3.8, 4) is 0 Å². The zero-order valence-electron chi connectivity index (χ0n) is 8.45. The van der Waals surface area contributed by atoms with Crippen molar-refractivity contribution in [3.63, 3.8) is 0 Å². The van der Waals surface area contributed by atoms with Crippen molar-refractivity contribution in [2.75, 3.05) is 13.2 Å². The molecule has 0 unspecified atom stereocenters. The van der Waals surface area contributed by atoms with E-state index in [1.807, 2.05) is 0 Å². The van der Waals surface area contributed by atoms with Crippen LogP contribution in [0.5, 0.6) is 0 Å². The van der Waals surface area contributed by atoms with Crippen LogP contribution < -0.4 is 5.73 Å². The maximum Gasteiger partial charge on any atom is 0.249 e. The highest BCUT2D eigenvalue weighted by molar-refractivity contribution is 5.78. The molecule has 0 aromatic carbocycles. The highest BCUT2D eigenvalue weighted by Crippen LogP contribution is 2.25. The van der Waals surface area contributed by atoms with E-state index in [2.05, 4.69) is 0 Å². The van der Waals surface area contributed by atoms with Gasteiger partial charge < -0.3 is 5.73 Å². The summed E-state index contributed by atoms with van der Waals surface area (Å²) < 4.78 is 0. The van der Waals surface area contributed by atoms with Crippen molar-refractivity contribution in [1.82, 2.24) is 5.06 Å². The largest absolute Gasteiger partial charge is 0.328 e.